The highest BCUT2D eigenvalue weighted by Gasteiger charge is 2.28. The summed E-state index contributed by atoms with van der Waals surface area (Å²) in [4.78, 5) is 22.9. The molecule has 0 fully saturated rings. The van der Waals surface area contributed by atoms with Gasteiger partial charge in [0.2, 0.25) is 0 Å². The molecular formula is C28H30N4OS. The lowest BCUT2D eigenvalue weighted by Crippen LogP contribution is -2.02. The number of hydrogen-bond donors (Lipinski definition) is 0. The van der Waals surface area contributed by atoms with Crippen LogP contribution in [0.4, 0.5) is 0 Å². The van der Waals surface area contributed by atoms with E-state index < -0.39 is 0 Å². The highest BCUT2D eigenvalue weighted by atomic mass is 32.1. The van der Waals surface area contributed by atoms with Crippen molar-refractivity contribution >= 4 is 17.1 Å². The largest absolute Gasteiger partial charge is 0.299 e. The van der Waals surface area contributed by atoms with Crippen molar-refractivity contribution in [1.82, 2.24) is 19.7 Å². The third kappa shape index (κ3) is 4.23. The molecule has 0 radical (unpaired) electrons. The van der Waals surface area contributed by atoms with Gasteiger partial charge in [-0.05, 0) is 56.4 Å². The maximum absolute atomic E-state index is 12.1. The molecule has 0 aliphatic heterocycles. The standard InChI is InChI=1S/C28H30N4OS/c1-4-9-20-15-14-19(17-29-20)26-22-11-8-12-23-28(34-25(30-23)16-21(33)5-2)27(22)32(31-26)24-13-7-6-10-18(24)3/h6-7,10,13-15,17H,4-5,8-9,11-12,16H2,1-3H3. The summed E-state index contributed by atoms with van der Waals surface area (Å²) in [5, 5.41) is 6.10. The number of thiazole rings is 1. The predicted molar refractivity (Wildman–Crippen MR) is 138 cm³/mol. The molecule has 0 unspecified atom stereocenters. The molecule has 0 N–H and O–H groups in total. The summed E-state index contributed by atoms with van der Waals surface area (Å²) in [5.74, 6) is 0.232. The smallest absolute Gasteiger partial charge is 0.139 e. The fraction of sp³-hybridized carbons (Fsp3) is 0.357. The lowest BCUT2D eigenvalue weighted by atomic mass is 10.0. The summed E-state index contributed by atoms with van der Waals surface area (Å²) in [6.45, 7) is 6.21. The number of carbonyl (C=O) groups is 1. The van der Waals surface area contributed by atoms with Crippen molar-refractivity contribution in [1.29, 1.82) is 0 Å². The van der Waals surface area contributed by atoms with Crippen LogP contribution in [0.5, 0.6) is 0 Å². The minimum atomic E-state index is 0.232. The summed E-state index contributed by atoms with van der Waals surface area (Å²) in [7, 11) is 0. The Morgan fingerprint density at radius 3 is 2.71 bits per heavy atom. The van der Waals surface area contributed by atoms with Gasteiger partial charge in [0.15, 0.2) is 0 Å². The Morgan fingerprint density at radius 2 is 1.97 bits per heavy atom. The molecule has 0 saturated carbocycles. The maximum atomic E-state index is 12.1. The normalized spacial score (nSPS) is 12.8. The summed E-state index contributed by atoms with van der Waals surface area (Å²) >= 11 is 1.66. The van der Waals surface area contributed by atoms with E-state index in [1.165, 1.54) is 11.1 Å². The van der Waals surface area contributed by atoms with Gasteiger partial charge in [-0.3, -0.25) is 9.78 Å². The minimum absolute atomic E-state index is 0.232. The minimum Gasteiger partial charge on any atom is -0.299 e. The van der Waals surface area contributed by atoms with Gasteiger partial charge in [-0.2, -0.15) is 5.10 Å². The Kier molecular flexibility index (Phi) is 6.42. The number of fused-ring (bicyclic) bond motifs is 3. The molecule has 0 spiro atoms. The average Bonchev–Trinajstić information content (AvgIpc) is 3.36. The molecule has 174 valence electrons. The van der Waals surface area contributed by atoms with Gasteiger partial charge in [-0.15, -0.1) is 11.3 Å². The number of aryl methyl sites for hydroxylation is 3. The molecule has 5 rings (SSSR count). The molecule has 34 heavy (non-hydrogen) atoms. The monoisotopic (exact) mass is 470 g/mol. The quantitative estimate of drug-likeness (QED) is 0.317. The number of nitrogens with zero attached hydrogens (tertiary/aromatic N) is 4. The molecule has 0 atom stereocenters. The highest BCUT2D eigenvalue weighted by Crippen LogP contribution is 2.42. The zero-order valence-electron chi connectivity index (χ0n) is 20.1. The van der Waals surface area contributed by atoms with E-state index in [4.69, 9.17) is 15.1 Å². The molecule has 1 aliphatic carbocycles. The Labute approximate surface area is 204 Å². The molecule has 6 heteroatoms. The Bertz CT molecular complexity index is 1330. The first-order valence-corrected chi connectivity index (χ1v) is 13.0. The molecule has 0 bridgehead atoms. The number of pyridine rings is 1. The molecule has 1 aliphatic rings. The van der Waals surface area contributed by atoms with E-state index in [9.17, 15) is 4.79 Å². The van der Waals surface area contributed by atoms with Crippen molar-refractivity contribution in [3.63, 3.8) is 0 Å². The van der Waals surface area contributed by atoms with Crippen molar-refractivity contribution in [2.75, 3.05) is 0 Å². The molecular weight excluding hydrogens is 440 g/mol. The fourth-order valence-corrected chi connectivity index (χ4v) is 5.85. The molecule has 3 aromatic heterocycles. The van der Waals surface area contributed by atoms with Crippen molar-refractivity contribution < 1.29 is 4.79 Å². The summed E-state index contributed by atoms with van der Waals surface area (Å²) in [6, 6.07) is 12.7. The summed E-state index contributed by atoms with van der Waals surface area (Å²) in [6.07, 6.45) is 7.87. The lowest BCUT2D eigenvalue weighted by Gasteiger charge is -2.10. The van der Waals surface area contributed by atoms with E-state index in [0.29, 0.717) is 12.8 Å². The number of benzene rings is 1. The summed E-state index contributed by atoms with van der Waals surface area (Å²) < 4.78 is 2.10. The second-order valence-electron chi connectivity index (χ2n) is 8.97. The first kappa shape index (κ1) is 22.7. The number of carbonyl (C=O) groups excluding carboxylic acids is 1. The van der Waals surface area contributed by atoms with Gasteiger partial charge in [0.1, 0.15) is 10.8 Å². The topological polar surface area (TPSA) is 60.7 Å². The highest BCUT2D eigenvalue weighted by molar-refractivity contribution is 7.15. The number of hydrogen-bond acceptors (Lipinski definition) is 5. The van der Waals surface area contributed by atoms with Crippen molar-refractivity contribution in [2.24, 2.45) is 0 Å². The molecule has 3 heterocycles. The molecule has 0 saturated heterocycles. The van der Waals surface area contributed by atoms with Crippen molar-refractivity contribution in [3.05, 3.63) is 70.1 Å². The zero-order chi connectivity index (χ0) is 23.7. The van der Waals surface area contributed by atoms with Gasteiger partial charge in [-0.1, -0.05) is 38.5 Å². The van der Waals surface area contributed by atoms with E-state index in [1.54, 1.807) is 11.3 Å². The third-order valence-electron chi connectivity index (χ3n) is 6.47. The van der Waals surface area contributed by atoms with Crippen LogP contribution in [0.25, 0.3) is 27.5 Å². The third-order valence-corrected chi connectivity index (χ3v) is 7.58. The van der Waals surface area contributed by atoms with E-state index in [0.717, 1.165) is 76.0 Å². The number of Topliss-reactive ketones (excluding diaryl/α,β-unsaturated/α-hetero) is 1. The van der Waals surface area contributed by atoms with Gasteiger partial charge < -0.3 is 0 Å². The van der Waals surface area contributed by atoms with E-state index in [1.807, 2.05) is 13.1 Å². The average molecular weight is 471 g/mol. The second-order valence-corrected chi connectivity index (χ2v) is 10.1. The SMILES string of the molecule is CCCc1ccc(-c2nn(-c3ccccc3C)c3c2CCCc2nc(CC(=O)CC)sc2-3)cn1. The van der Waals surface area contributed by atoms with Crippen LogP contribution in [0.2, 0.25) is 0 Å². The van der Waals surface area contributed by atoms with E-state index in [-0.39, 0.29) is 5.78 Å². The number of rotatable bonds is 7. The van der Waals surface area contributed by atoms with Crippen LogP contribution in [-0.2, 0) is 30.5 Å². The van der Waals surface area contributed by atoms with Gasteiger partial charge in [-0.25, -0.2) is 9.67 Å². The van der Waals surface area contributed by atoms with Crippen LogP contribution in [0.1, 0.15) is 60.6 Å². The van der Waals surface area contributed by atoms with Crippen LogP contribution < -0.4 is 0 Å². The molecule has 0 amide bonds. The van der Waals surface area contributed by atoms with Crippen molar-refractivity contribution in [2.45, 2.75) is 65.7 Å². The molecule has 5 nitrogen and oxygen atoms in total. The lowest BCUT2D eigenvalue weighted by molar-refractivity contribution is -0.118. The van der Waals surface area contributed by atoms with E-state index in [2.05, 4.69) is 54.9 Å². The summed E-state index contributed by atoms with van der Waals surface area (Å²) in [5.41, 5.74) is 8.90. The number of para-hydroxylation sites is 1. The molecule has 1 aromatic carbocycles. The maximum Gasteiger partial charge on any atom is 0.139 e. The van der Waals surface area contributed by atoms with Crippen LogP contribution in [-0.4, -0.2) is 25.5 Å². The Hall–Kier alpha value is -3.12. The van der Waals surface area contributed by atoms with E-state index >= 15 is 0 Å². The van der Waals surface area contributed by atoms with Gasteiger partial charge in [0.25, 0.3) is 0 Å². The van der Waals surface area contributed by atoms with Gasteiger partial charge >= 0.3 is 0 Å². The first-order valence-electron chi connectivity index (χ1n) is 12.2. The van der Waals surface area contributed by atoms with Crippen LogP contribution in [0.3, 0.4) is 0 Å². The second kappa shape index (κ2) is 9.63. The van der Waals surface area contributed by atoms with Crippen LogP contribution >= 0.6 is 11.3 Å². The zero-order valence-corrected chi connectivity index (χ0v) is 20.9. The number of aromatic nitrogens is 4. The Morgan fingerprint density at radius 1 is 1.12 bits per heavy atom. The van der Waals surface area contributed by atoms with Crippen LogP contribution in [0.15, 0.2) is 42.6 Å². The fourth-order valence-electron chi connectivity index (χ4n) is 4.65. The predicted octanol–water partition coefficient (Wildman–Crippen LogP) is 6.33. The Balaban J connectivity index is 1.71. The van der Waals surface area contributed by atoms with Gasteiger partial charge in [0.05, 0.1) is 34.1 Å². The number of ketones is 1. The van der Waals surface area contributed by atoms with Crippen LogP contribution in [0, 0.1) is 6.92 Å². The van der Waals surface area contributed by atoms with Crippen molar-refractivity contribution in [3.8, 4) is 27.5 Å². The first-order chi connectivity index (χ1) is 16.6. The molecule has 4 aromatic rings. The van der Waals surface area contributed by atoms with Gasteiger partial charge in [0, 0.05) is 29.4 Å².